The van der Waals surface area contributed by atoms with Crippen LogP contribution in [0, 0.1) is 0 Å². The molecule has 0 N–H and O–H groups in total. The molecule has 0 spiro atoms. The van der Waals surface area contributed by atoms with E-state index in [9.17, 15) is 4.79 Å². The summed E-state index contributed by atoms with van der Waals surface area (Å²) in [5, 5.41) is 2.92. The Labute approximate surface area is 121 Å². The van der Waals surface area contributed by atoms with Gasteiger partial charge in [0.05, 0.1) is 0 Å². The van der Waals surface area contributed by atoms with Crippen LogP contribution in [0.15, 0.2) is 36.7 Å². The van der Waals surface area contributed by atoms with Crippen molar-refractivity contribution in [2.45, 2.75) is 31.7 Å². The van der Waals surface area contributed by atoms with Crippen LogP contribution in [0.2, 0.25) is 0 Å². The van der Waals surface area contributed by atoms with Gasteiger partial charge in [-0.15, -0.1) is 0 Å². The number of ether oxygens (including phenoxy) is 1. The first kappa shape index (κ1) is 14.0. The van der Waals surface area contributed by atoms with E-state index < -0.39 is 5.60 Å². The summed E-state index contributed by atoms with van der Waals surface area (Å²) in [5.41, 5.74) is 0.686. The van der Waals surface area contributed by atoms with Crippen molar-refractivity contribution in [3.8, 4) is 0 Å². The van der Waals surface area contributed by atoms with E-state index in [-0.39, 0.29) is 6.09 Å². The number of benzene rings is 1. The van der Waals surface area contributed by atoms with Crippen molar-refractivity contribution in [2.75, 3.05) is 0 Å². The van der Waals surface area contributed by atoms with Crippen LogP contribution in [0.5, 0.6) is 0 Å². The van der Waals surface area contributed by atoms with Crippen molar-refractivity contribution in [1.29, 1.82) is 0 Å². The van der Waals surface area contributed by atoms with Gasteiger partial charge in [-0.1, -0.05) is 32.6 Å². The third kappa shape index (κ3) is 3.53. The highest BCUT2D eigenvalue weighted by atomic mass is 79.9. The molecular weight excluding hydrogens is 306 g/mol. The Morgan fingerprint density at radius 2 is 2.00 bits per heavy atom. The molecule has 0 saturated heterocycles. The Hall–Kier alpha value is -1.42. The van der Waals surface area contributed by atoms with Gasteiger partial charge in [0.2, 0.25) is 0 Å². The van der Waals surface area contributed by atoms with Gasteiger partial charge in [0.15, 0.2) is 12.4 Å². The highest BCUT2D eigenvalue weighted by Crippen LogP contribution is 2.16. The molecule has 1 aromatic carbocycles. The second-order valence-corrected chi connectivity index (χ2v) is 5.99. The Bertz CT molecular complexity index is 617. The first-order valence-corrected chi connectivity index (χ1v) is 7.24. The molecule has 0 aliphatic heterocycles. The zero-order valence-electron chi connectivity index (χ0n) is 11.3. The van der Waals surface area contributed by atoms with Gasteiger partial charge in [0.1, 0.15) is 5.60 Å². The van der Waals surface area contributed by atoms with Gasteiger partial charge < -0.3 is 4.74 Å². The van der Waals surface area contributed by atoms with E-state index in [0.717, 1.165) is 16.1 Å². The molecule has 0 amide bonds. The largest absolute Gasteiger partial charge is 0.602 e. The lowest BCUT2D eigenvalue weighted by Crippen LogP contribution is -2.45. The fourth-order valence-electron chi connectivity index (χ4n) is 1.75. The van der Waals surface area contributed by atoms with Crippen LogP contribution in [0.3, 0.4) is 0 Å². The van der Waals surface area contributed by atoms with E-state index in [1.54, 1.807) is 12.4 Å². The highest BCUT2D eigenvalue weighted by Gasteiger charge is 2.24. The van der Waals surface area contributed by atoms with Gasteiger partial charge in [-0.05, 0) is 37.8 Å². The lowest BCUT2D eigenvalue weighted by atomic mass is 10.1. The monoisotopic (exact) mass is 322 g/mol. The van der Waals surface area contributed by atoms with Crippen molar-refractivity contribution < 1.29 is 14.1 Å². The summed E-state index contributed by atoms with van der Waals surface area (Å²) in [5.74, 6) is 0. The molecule has 1 heterocycles. The molecule has 2 aromatic rings. The number of hydrogen-bond acceptors (Lipinski definition) is 2. The van der Waals surface area contributed by atoms with Crippen molar-refractivity contribution in [3.63, 3.8) is 0 Å². The fourth-order valence-corrected chi connectivity index (χ4v) is 2.10. The maximum Gasteiger partial charge on any atom is 0.602 e. The number of alkyl halides is 1. The van der Waals surface area contributed by atoms with Crippen LogP contribution in [0.25, 0.3) is 10.8 Å². The van der Waals surface area contributed by atoms with E-state index in [2.05, 4.69) is 28.1 Å². The standard InChI is InChI=1S/C15H17BrNO2/c1-15(2,3)19-14(18)17-7-6-12-5-4-11(9-16)8-13(12)10-17/h4-8,10H,9H2,1-3H3/q+1. The lowest BCUT2D eigenvalue weighted by molar-refractivity contribution is -0.586. The van der Waals surface area contributed by atoms with Gasteiger partial charge in [-0.25, -0.2) is 0 Å². The topological polar surface area (TPSA) is 30.2 Å². The number of halogens is 1. The summed E-state index contributed by atoms with van der Waals surface area (Å²) >= 11 is 3.43. The number of rotatable bonds is 1. The molecule has 0 atom stereocenters. The van der Waals surface area contributed by atoms with Crippen LogP contribution in [0.1, 0.15) is 26.3 Å². The Morgan fingerprint density at radius 3 is 2.63 bits per heavy atom. The average molecular weight is 323 g/mol. The molecule has 100 valence electrons. The third-order valence-electron chi connectivity index (χ3n) is 2.60. The van der Waals surface area contributed by atoms with E-state index >= 15 is 0 Å². The van der Waals surface area contributed by atoms with Crippen LogP contribution in [-0.2, 0) is 10.1 Å². The van der Waals surface area contributed by atoms with Gasteiger partial charge in [0, 0.05) is 16.8 Å². The predicted molar refractivity (Wildman–Crippen MR) is 78.4 cm³/mol. The number of carbonyl (C=O) groups excluding carboxylic acids is 1. The maximum absolute atomic E-state index is 12.0. The third-order valence-corrected chi connectivity index (χ3v) is 3.25. The minimum atomic E-state index is -0.489. The van der Waals surface area contributed by atoms with Crippen molar-refractivity contribution >= 4 is 32.8 Å². The molecule has 1 aromatic heterocycles. The lowest BCUT2D eigenvalue weighted by Gasteiger charge is -2.15. The van der Waals surface area contributed by atoms with Crippen molar-refractivity contribution in [2.24, 2.45) is 0 Å². The Morgan fingerprint density at radius 1 is 1.26 bits per heavy atom. The molecule has 4 heteroatoms. The number of nitrogens with zero attached hydrogens (tertiary/aromatic N) is 1. The number of aromatic nitrogens is 1. The number of pyridine rings is 1. The van der Waals surface area contributed by atoms with Gasteiger partial charge in [0.25, 0.3) is 0 Å². The van der Waals surface area contributed by atoms with Crippen molar-refractivity contribution in [3.05, 3.63) is 42.2 Å². The summed E-state index contributed by atoms with van der Waals surface area (Å²) < 4.78 is 6.82. The number of carbonyl (C=O) groups is 1. The number of hydrogen-bond donors (Lipinski definition) is 0. The molecule has 0 saturated carbocycles. The van der Waals surface area contributed by atoms with Crippen LogP contribution < -0.4 is 4.57 Å². The molecule has 2 rings (SSSR count). The van der Waals surface area contributed by atoms with E-state index in [0.29, 0.717) is 0 Å². The summed E-state index contributed by atoms with van der Waals surface area (Å²) in [6.07, 6.45) is 3.17. The summed E-state index contributed by atoms with van der Waals surface area (Å²) in [6.45, 7) is 5.57. The Kier molecular flexibility index (Phi) is 3.90. The minimum Gasteiger partial charge on any atom is -0.406 e. The average Bonchev–Trinajstić information content (AvgIpc) is 2.35. The normalized spacial score (nSPS) is 11.6. The second-order valence-electron chi connectivity index (χ2n) is 5.43. The second kappa shape index (κ2) is 5.29. The van der Waals surface area contributed by atoms with Crippen molar-refractivity contribution in [1.82, 2.24) is 0 Å². The first-order valence-electron chi connectivity index (χ1n) is 6.12. The number of fused-ring (bicyclic) bond motifs is 1. The quantitative estimate of drug-likeness (QED) is 0.590. The molecule has 0 unspecified atom stereocenters. The summed E-state index contributed by atoms with van der Waals surface area (Å²) in [4.78, 5) is 12.0. The molecule has 0 aliphatic rings. The van der Waals surface area contributed by atoms with Gasteiger partial charge in [-0.2, -0.15) is 4.79 Å². The molecular formula is C15H17BrNO2+. The molecule has 0 bridgehead atoms. The molecule has 3 nitrogen and oxygen atoms in total. The van der Waals surface area contributed by atoms with Gasteiger partial charge >= 0.3 is 6.09 Å². The molecule has 0 radical (unpaired) electrons. The smallest absolute Gasteiger partial charge is 0.406 e. The van der Waals surface area contributed by atoms with E-state index in [1.165, 1.54) is 10.1 Å². The SMILES string of the molecule is CC(C)(C)OC(=O)[n+]1ccc2ccc(CBr)cc2c1. The highest BCUT2D eigenvalue weighted by molar-refractivity contribution is 9.08. The zero-order chi connectivity index (χ0) is 14.0. The van der Waals surface area contributed by atoms with Crippen LogP contribution in [-0.4, -0.2) is 11.7 Å². The van der Waals surface area contributed by atoms with E-state index in [1.807, 2.05) is 32.9 Å². The maximum atomic E-state index is 12.0. The molecule has 0 fully saturated rings. The summed E-state index contributed by atoms with van der Waals surface area (Å²) in [7, 11) is 0. The van der Waals surface area contributed by atoms with E-state index in [4.69, 9.17) is 4.74 Å². The first-order chi connectivity index (χ1) is 8.89. The molecule has 19 heavy (non-hydrogen) atoms. The Balaban J connectivity index is 2.37. The van der Waals surface area contributed by atoms with Crippen LogP contribution in [0.4, 0.5) is 4.79 Å². The van der Waals surface area contributed by atoms with Gasteiger partial charge in [-0.3, -0.25) is 0 Å². The van der Waals surface area contributed by atoms with Crippen LogP contribution >= 0.6 is 15.9 Å². The molecule has 0 aliphatic carbocycles. The zero-order valence-corrected chi connectivity index (χ0v) is 12.9. The predicted octanol–water partition coefficient (Wildman–Crippen LogP) is 3.81. The summed E-state index contributed by atoms with van der Waals surface area (Å²) in [6, 6.07) is 8.09. The minimum absolute atomic E-state index is 0.362. The fraction of sp³-hybridized carbons (Fsp3) is 0.333.